The summed E-state index contributed by atoms with van der Waals surface area (Å²) in [7, 11) is 0. The van der Waals surface area contributed by atoms with Crippen molar-refractivity contribution >= 4 is 57.5 Å². The monoisotopic (exact) mass is 448 g/mol. The second-order valence-corrected chi connectivity index (χ2v) is 9.40. The number of carbonyl (C=O) groups is 3. The molecule has 3 amide bonds. The van der Waals surface area contributed by atoms with Gasteiger partial charge in [-0.15, -0.1) is 11.8 Å². The van der Waals surface area contributed by atoms with E-state index in [1.807, 2.05) is 6.07 Å². The van der Waals surface area contributed by atoms with Crippen LogP contribution in [0.1, 0.15) is 32.6 Å². The number of amides is 3. The minimum atomic E-state index is -0.902. The maximum atomic E-state index is 13.1. The lowest BCUT2D eigenvalue weighted by Gasteiger charge is -2.26. The molecule has 1 aromatic carbocycles. The zero-order valence-electron chi connectivity index (χ0n) is 16.6. The van der Waals surface area contributed by atoms with Gasteiger partial charge in [0.2, 0.25) is 5.91 Å². The first kappa shape index (κ1) is 22.1. The molecule has 8 nitrogen and oxygen atoms in total. The Balaban J connectivity index is 1.75. The van der Waals surface area contributed by atoms with Crippen LogP contribution in [-0.2, 0) is 9.59 Å². The lowest BCUT2D eigenvalue weighted by Crippen LogP contribution is -2.38. The number of thioether (sulfide) groups is 1. The Morgan fingerprint density at radius 3 is 2.73 bits per heavy atom. The lowest BCUT2D eigenvalue weighted by molar-refractivity contribution is -0.133. The minimum Gasteiger partial charge on any atom is -0.481 e. The summed E-state index contributed by atoms with van der Waals surface area (Å²) in [6.07, 6.45) is 6.07. The summed E-state index contributed by atoms with van der Waals surface area (Å²) in [4.78, 5) is 41.1. The predicted molar refractivity (Wildman–Crippen MR) is 120 cm³/mol. The Bertz CT molecular complexity index is 912. The number of hydrogen-bond acceptors (Lipinski definition) is 6. The second-order valence-electron chi connectivity index (χ2n) is 7.09. The van der Waals surface area contributed by atoms with Gasteiger partial charge in [-0.05, 0) is 37.0 Å². The maximum absolute atomic E-state index is 13.1. The third-order valence-corrected chi connectivity index (χ3v) is 6.77. The van der Waals surface area contributed by atoms with E-state index >= 15 is 0 Å². The van der Waals surface area contributed by atoms with E-state index in [0.717, 1.165) is 17.1 Å². The molecule has 1 aliphatic rings. The van der Waals surface area contributed by atoms with Crippen molar-refractivity contribution in [2.75, 3.05) is 27.8 Å². The van der Waals surface area contributed by atoms with Gasteiger partial charge in [0.1, 0.15) is 0 Å². The van der Waals surface area contributed by atoms with Crippen molar-refractivity contribution in [3.8, 4) is 0 Å². The smallest absolute Gasteiger partial charge is 0.328 e. The van der Waals surface area contributed by atoms with E-state index in [1.165, 1.54) is 42.9 Å². The van der Waals surface area contributed by atoms with Crippen LogP contribution in [0.25, 0.3) is 0 Å². The van der Waals surface area contributed by atoms with Crippen LogP contribution in [0, 0.1) is 5.92 Å². The van der Waals surface area contributed by atoms with Crippen molar-refractivity contribution in [2.45, 2.75) is 36.8 Å². The van der Waals surface area contributed by atoms with Crippen molar-refractivity contribution in [2.24, 2.45) is 5.92 Å². The molecule has 0 spiro atoms. The average Bonchev–Trinajstić information content (AvgIpc) is 3.36. The topological polar surface area (TPSA) is 112 Å². The number of aromatic nitrogens is 1. The van der Waals surface area contributed by atoms with Crippen LogP contribution >= 0.6 is 23.1 Å². The number of carbonyl (C=O) groups excluding carboxylic acids is 2. The zero-order chi connectivity index (χ0) is 21.5. The third kappa shape index (κ3) is 6.46. The van der Waals surface area contributed by atoms with Crippen LogP contribution in [0.4, 0.5) is 21.3 Å². The first-order chi connectivity index (χ1) is 14.4. The Labute approximate surface area is 183 Å². The molecular weight excluding hydrogens is 424 g/mol. The van der Waals surface area contributed by atoms with Gasteiger partial charge in [-0.1, -0.05) is 30.2 Å². The van der Waals surface area contributed by atoms with E-state index in [9.17, 15) is 14.4 Å². The number of nitrogens with zero attached hydrogens (tertiary/aromatic N) is 2. The van der Waals surface area contributed by atoms with Crippen molar-refractivity contribution < 1.29 is 19.5 Å². The number of carboxylic acid groups (broad SMARTS) is 1. The maximum Gasteiger partial charge on any atom is 0.328 e. The number of thiazole rings is 1. The van der Waals surface area contributed by atoms with Gasteiger partial charge in [-0.25, -0.2) is 9.78 Å². The largest absolute Gasteiger partial charge is 0.481 e. The Hall–Kier alpha value is -2.59. The number of nitrogens with one attached hydrogen (secondary N) is 2. The highest BCUT2D eigenvalue weighted by atomic mass is 32.2. The average molecular weight is 449 g/mol. The van der Waals surface area contributed by atoms with Gasteiger partial charge in [0.25, 0.3) is 0 Å². The summed E-state index contributed by atoms with van der Waals surface area (Å²) in [6.45, 7) is 2.03. The van der Waals surface area contributed by atoms with Gasteiger partial charge in [-0.3, -0.25) is 19.8 Å². The summed E-state index contributed by atoms with van der Waals surface area (Å²) >= 11 is 2.41. The fraction of sp³-hybridized carbons (Fsp3) is 0.400. The summed E-state index contributed by atoms with van der Waals surface area (Å²) in [5, 5.41) is 14.8. The van der Waals surface area contributed by atoms with Crippen molar-refractivity contribution in [1.29, 1.82) is 0 Å². The molecule has 160 valence electrons. The highest BCUT2D eigenvalue weighted by molar-refractivity contribution is 8.01. The standard InChI is InChI=1S/C20H24N4O4S2/c1-13(25)22-15-7-4-8-16(9-15)24(11-14-5-2-3-6-14)20(28)23-19-21-10-18(30-19)29-12-17(26)27/h4,7-10,14H,2-3,5-6,11-12H2,1H3,(H,22,25)(H,26,27)(H,21,23,28). The highest BCUT2D eigenvalue weighted by Gasteiger charge is 2.24. The molecule has 0 aliphatic heterocycles. The van der Waals surface area contributed by atoms with Gasteiger partial charge in [0, 0.05) is 24.8 Å². The zero-order valence-corrected chi connectivity index (χ0v) is 18.2. The van der Waals surface area contributed by atoms with E-state index in [4.69, 9.17) is 5.11 Å². The number of anilines is 3. The quantitative estimate of drug-likeness (QED) is 0.513. The molecule has 0 unspecified atom stereocenters. The molecule has 0 bridgehead atoms. The van der Waals surface area contributed by atoms with Crippen LogP contribution in [0.3, 0.4) is 0 Å². The molecule has 10 heteroatoms. The Morgan fingerprint density at radius 2 is 2.03 bits per heavy atom. The van der Waals surface area contributed by atoms with Crippen LogP contribution in [0.15, 0.2) is 34.7 Å². The summed E-state index contributed by atoms with van der Waals surface area (Å²) in [5.74, 6) is -0.702. The highest BCUT2D eigenvalue weighted by Crippen LogP contribution is 2.31. The molecule has 3 N–H and O–H groups in total. The van der Waals surface area contributed by atoms with Crippen molar-refractivity contribution in [3.63, 3.8) is 0 Å². The number of aliphatic carboxylic acids is 1. The second kappa shape index (κ2) is 10.4. The third-order valence-electron chi connectivity index (χ3n) is 4.68. The van der Waals surface area contributed by atoms with Crippen molar-refractivity contribution in [1.82, 2.24) is 4.98 Å². The molecular formula is C20H24N4O4S2. The van der Waals surface area contributed by atoms with Gasteiger partial charge in [0.05, 0.1) is 16.2 Å². The molecule has 0 atom stereocenters. The van der Waals surface area contributed by atoms with E-state index in [-0.39, 0.29) is 17.7 Å². The summed E-state index contributed by atoms with van der Waals surface area (Å²) in [6, 6.07) is 6.91. The normalized spacial score (nSPS) is 13.8. The number of rotatable bonds is 8. The van der Waals surface area contributed by atoms with Crippen LogP contribution in [0.2, 0.25) is 0 Å². The number of carboxylic acids is 1. The van der Waals surface area contributed by atoms with E-state index in [1.54, 1.807) is 29.3 Å². The van der Waals surface area contributed by atoms with Crippen molar-refractivity contribution in [3.05, 3.63) is 30.5 Å². The minimum absolute atomic E-state index is 0.0562. The van der Waals surface area contributed by atoms with Gasteiger partial charge < -0.3 is 10.4 Å². The van der Waals surface area contributed by atoms with Gasteiger partial charge >= 0.3 is 12.0 Å². The molecule has 1 aliphatic carbocycles. The van der Waals surface area contributed by atoms with Gasteiger partial charge in [0.15, 0.2) is 5.13 Å². The molecule has 3 rings (SSSR count). The molecule has 1 saturated carbocycles. The SMILES string of the molecule is CC(=O)Nc1cccc(N(CC2CCCC2)C(=O)Nc2ncc(SCC(=O)O)s2)c1. The number of hydrogen-bond donors (Lipinski definition) is 3. The molecule has 0 radical (unpaired) electrons. The number of urea groups is 1. The molecule has 2 aromatic rings. The number of benzene rings is 1. The summed E-state index contributed by atoms with van der Waals surface area (Å²) in [5.41, 5.74) is 1.33. The predicted octanol–water partition coefficient (Wildman–Crippen LogP) is 4.51. The molecule has 1 aromatic heterocycles. The molecule has 0 saturated heterocycles. The van der Waals surface area contributed by atoms with Crippen LogP contribution < -0.4 is 15.5 Å². The van der Waals surface area contributed by atoms with Gasteiger partial charge in [-0.2, -0.15) is 0 Å². The molecule has 30 heavy (non-hydrogen) atoms. The fourth-order valence-corrected chi connectivity index (χ4v) is 4.97. The molecule has 1 fully saturated rings. The lowest BCUT2D eigenvalue weighted by atomic mass is 10.1. The molecule has 1 heterocycles. The first-order valence-electron chi connectivity index (χ1n) is 9.67. The van der Waals surface area contributed by atoms with Crippen LogP contribution in [-0.4, -0.2) is 40.3 Å². The van der Waals surface area contributed by atoms with E-state index < -0.39 is 5.97 Å². The van der Waals surface area contributed by atoms with E-state index in [0.29, 0.717) is 29.0 Å². The first-order valence-corrected chi connectivity index (χ1v) is 11.5. The summed E-state index contributed by atoms with van der Waals surface area (Å²) < 4.78 is 0.725. The van der Waals surface area contributed by atoms with Crippen LogP contribution in [0.5, 0.6) is 0 Å². The van der Waals surface area contributed by atoms with E-state index in [2.05, 4.69) is 15.6 Å². The fourth-order valence-electron chi connectivity index (χ4n) is 3.39. The Morgan fingerprint density at radius 1 is 1.27 bits per heavy atom. The Kier molecular flexibility index (Phi) is 7.69.